The topological polar surface area (TPSA) is 34.4 Å². The minimum absolute atomic E-state index is 0.0678. The van der Waals surface area contributed by atoms with Crippen LogP contribution in [-0.4, -0.2) is 9.38 Å². The zero-order valence-electron chi connectivity index (χ0n) is 8.70. The van der Waals surface area contributed by atoms with Gasteiger partial charge < -0.3 is 0 Å². The van der Waals surface area contributed by atoms with Gasteiger partial charge in [-0.05, 0) is 35.0 Å². The van der Waals surface area contributed by atoms with E-state index in [1.807, 2.05) is 13.0 Å². The van der Waals surface area contributed by atoms with Gasteiger partial charge in [-0.1, -0.05) is 22.9 Å². The molecule has 0 saturated heterocycles. The molecule has 6 heteroatoms. The molecule has 0 unspecified atom stereocenters. The molecular formula is C11H6BrClN2OS. The monoisotopic (exact) mass is 328 g/mol. The van der Waals surface area contributed by atoms with Crippen LogP contribution < -0.4 is 5.56 Å². The second-order valence-electron chi connectivity index (χ2n) is 3.69. The van der Waals surface area contributed by atoms with E-state index in [9.17, 15) is 4.79 Å². The van der Waals surface area contributed by atoms with Gasteiger partial charge in [-0.2, -0.15) is 0 Å². The van der Waals surface area contributed by atoms with Crippen molar-refractivity contribution in [2.75, 3.05) is 0 Å². The van der Waals surface area contributed by atoms with Crippen LogP contribution in [0.1, 0.15) is 5.69 Å². The van der Waals surface area contributed by atoms with Crippen molar-refractivity contribution in [1.29, 1.82) is 0 Å². The average molecular weight is 330 g/mol. The summed E-state index contributed by atoms with van der Waals surface area (Å²) in [4.78, 5) is 17.0. The molecule has 0 spiro atoms. The van der Waals surface area contributed by atoms with Crippen molar-refractivity contribution in [2.45, 2.75) is 6.92 Å². The molecule has 0 N–H and O–H groups in total. The molecule has 17 heavy (non-hydrogen) atoms. The summed E-state index contributed by atoms with van der Waals surface area (Å²) in [6.45, 7) is 1.81. The highest BCUT2D eigenvalue weighted by molar-refractivity contribution is 9.10. The second-order valence-corrected chi connectivity index (χ2v) is 5.99. The number of rotatable bonds is 0. The lowest BCUT2D eigenvalue weighted by atomic mass is 10.3. The van der Waals surface area contributed by atoms with Gasteiger partial charge in [-0.15, -0.1) is 0 Å². The van der Waals surface area contributed by atoms with Crippen LogP contribution >= 0.6 is 38.9 Å². The Kier molecular flexibility index (Phi) is 2.50. The van der Waals surface area contributed by atoms with Crippen LogP contribution in [0.3, 0.4) is 0 Å². The van der Waals surface area contributed by atoms with E-state index in [0.717, 1.165) is 20.4 Å². The minimum Gasteiger partial charge on any atom is -0.269 e. The van der Waals surface area contributed by atoms with Crippen LogP contribution in [0.4, 0.5) is 0 Å². The zero-order valence-corrected chi connectivity index (χ0v) is 11.9. The van der Waals surface area contributed by atoms with Crippen LogP contribution in [0.2, 0.25) is 5.02 Å². The smallest absolute Gasteiger partial charge is 0.259 e. The molecule has 86 valence electrons. The fourth-order valence-electron chi connectivity index (χ4n) is 1.78. The highest BCUT2D eigenvalue weighted by Gasteiger charge is 2.12. The SMILES string of the molecule is Cc1cc(=O)n2c(n1)sc1cc(Cl)cc(Br)c12. The summed E-state index contributed by atoms with van der Waals surface area (Å²) in [6, 6.07) is 5.15. The maximum Gasteiger partial charge on any atom is 0.259 e. The number of aromatic nitrogens is 2. The van der Waals surface area contributed by atoms with Crippen LogP contribution in [0, 0.1) is 6.92 Å². The van der Waals surface area contributed by atoms with Crippen molar-refractivity contribution in [2.24, 2.45) is 0 Å². The maximum absolute atomic E-state index is 12.0. The Morgan fingerprint density at radius 3 is 2.94 bits per heavy atom. The van der Waals surface area contributed by atoms with Crippen molar-refractivity contribution < 1.29 is 0 Å². The number of hydrogen-bond acceptors (Lipinski definition) is 3. The van der Waals surface area contributed by atoms with Gasteiger partial charge in [0, 0.05) is 21.3 Å². The Morgan fingerprint density at radius 1 is 1.41 bits per heavy atom. The predicted octanol–water partition coefficient (Wildman–Crippen LogP) is 3.63. The number of halogens is 2. The van der Waals surface area contributed by atoms with E-state index in [4.69, 9.17) is 11.6 Å². The van der Waals surface area contributed by atoms with Gasteiger partial charge in [0.1, 0.15) is 0 Å². The fourth-order valence-corrected chi connectivity index (χ4v) is 4.11. The van der Waals surface area contributed by atoms with Crippen LogP contribution in [0.15, 0.2) is 27.5 Å². The third-order valence-electron chi connectivity index (χ3n) is 2.43. The van der Waals surface area contributed by atoms with Gasteiger partial charge in [-0.25, -0.2) is 9.38 Å². The number of thiazole rings is 1. The van der Waals surface area contributed by atoms with Gasteiger partial charge in [0.25, 0.3) is 5.56 Å². The Morgan fingerprint density at radius 2 is 2.18 bits per heavy atom. The third kappa shape index (κ3) is 1.69. The summed E-state index contributed by atoms with van der Waals surface area (Å²) < 4.78 is 3.35. The quantitative estimate of drug-likeness (QED) is 0.631. The predicted molar refractivity (Wildman–Crippen MR) is 74.3 cm³/mol. The molecule has 0 bridgehead atoms. The first-order chi connectivity index (χ1) is 8.06. The van der Waals surface area contributed by atoms with Gasteiger partial charge in [-0.3, -0.25) is 4.79 Å². The van der Waals surface area contributed by atoms with Gasteiger partial charge in [0.15, 0.2) is 4.96 Å². The standard InChI is InChI=1S/C11H6BrClN2OS/c1-5-2-9(16)15-10-7(12)3-6(13)4-8(10)17-11(15)14-5/h2-4H,1H3. The normalized spacial score (nSPS) is 11.5. The molecule has 0 aliphatic carbocycles. The minimum atomic E-state index is -0.0678. The highest BCUT2D eigenvalue weighted by Crippen LogP contribution is 2.33. The van der Waals surface area contributed by atoms with E-state index in [1.54, 1.807) is 10.5 Å². The van der Waals surface area contributed by atoms with Gasteiger partial charge in [0.05, 0.1) is 10.2 Å². The van der Waals surface area contributed by atoms with Crippen molar-refractivity contribution >= 4 is 54.0 Å². The lowest BCUT2D eigenvalue weighted by molar-refractivity contribution is 1.07. The largest absolute Gasteiger partial charge is 0.269 e. The maximum atomic E-state index is 12.0. The lowest BCUT2D eigenvalue weighted by Crippen LogP contribution is -2.12. The molecule has 0 radical (unpaired) electrons. The Bertz CT molecular complexity index is 808. The van der Waals surface area contributed by atoms with Gasteiger partial charge in [0.2, 0.25) is 0 Å². The van der Waals surface area contributed by atoms with Gasteiger partial charge >= 0.3 is 0 Å². The highest BCUT2D eigenvalue weighted by atomic mass is 79.9. The summed E-state index contributed by atoms with van der Waals surface area (Å²) in [5.74, 6) is 0. The van der Waals surface area contributed by atoms with Crippen molar-refractivity contribution in [3.63, 3.8) is 0 Å². The van der Waals surface area contributed by atoms with E-state index in [2.05, 4.69) is 20.9 Å². The molecule has 0 amide bonds. The van der Waals surface area contributed by atoms with Crippen LogP contribution in [0.5, 0.6) is 0 Å². The molecule has 1 aromatic carbocycles. The third-order valence-corrected chi connectivity index (χ3v) is 4.24. The molecule has 0 aliphatic rings. The number of hydrogen-bond donors (Lipinski definition) is 0. The fraction of sp³-hybridized carbons (Fsp3) is 0.0909. The van der Waals surface area contributed by atoms with Crippen molar-refractivity contribution in [3.8, 4) is 0 Å². The van der Waals surface area contributed by atoms with E-state index in [0.29, 0.717) is 9.98 Å². The Balaban J connectivity index is 2.65. The van der Waals surface area contributed by atoms with Crippen LogP contribution in [0.25, 0.3) is 15.2 Å². The van der Waals surface area contributed by atoms with Crippen molar-refractivity contribution in [1.82, 2.24) is 9.38 Å². The summed E-state index contributed by atoms with van der Waals surface area (Å²) in [7, 11) is 0. The number of aryl methyl sites for hydroxylation is 1. The summed E-state index contributed by atoms with van der Waals surface area (Å²) in [6.07, 6.45) is 0. The molecule has 2 aromatic heterocycles. The first-order valence-electron chi connectivity index (χ1n) is 4.84. The Hall–Kier alpha value is -0.910. The lowest BCUT2D eigenvalue weighted by Gasteiger charge is -1.98. The zero-order chi connectivity index (χ0) is 12.2. The van der Waals surface area contributed by atoms with E-state index in [1.165, 1.54) is 17.4 Å². The molecule has 0 aliphatic heterocycles. The molecular weight excluding hydrogens is 324 g/mol. The number of benzene rings is 1. The summed E-state index contributed by atoms with van der Waals surface area (Å²) >= 11 is 10.9. The molecule has 2 heterocycles. The molecule has 3 nitrogen and oxygen atoms in total. The first-order valence-corrected chi connectivity index (χ1v) is 6.83. The van der Waals surface area contributed by atoms with E-state index < -0.39 is 0 Å². The van der Waals surface area contributed by atoms with Crippen LogP contribution in [-0.2, 0) is 0 Å². The van der Waals surface area contributed by atoms with E-state index >= 15 is 0 Å². The molecule has 0 fully saturated rings. The molecule has 0 saturated carbocycles. The van der Waals surface area contributed by atoms with E-state index in [-0.39, 0.29) is 5.56 Å². The summed E-state index contributed by atoms with van der Waals surface area (Å²) in [5, 5.41) is 0.640. The molecule has 3 rings (SSSR count). The first kappa shape index (κ1) is 11.2. The second kappa shape index (κ2) is 3.80. The summed E-state index contributed by atoms with van der Waals surface area (Å²) in [5.41, 5.74) is 1.48. The molecule has 0 atom stereocenters. The number of fused-ring (bicyclic) bond motifs is 3. The van der Waals surface area contributed by atoms with Crippen molar-refractivity contribution in [3.05, 3.63) is 43.7 Å². The number of nitrogens with zero attached hydrogens (tertiary/aromatic N) is 2. The Labute approximate surface area is 114 Å². The average Bonchev–Trinajstić information content (AvgIpc) is 2.55. The molecule has 3 aromatic rings.